The summed E-state index contributed by atoms with van der Waals surface area (Å²) in [6.07, 6.45) is 1.98. The molecule has 0 atom stereocenters. The van der Waals surface area contributed by atoms with E-state index in [9.17, 15) is 8.42 Å². The predicted octanol–water partition coefficient (Wildman–Crippen LogP) is 3.24. The number of fused-ring (bicyclic) bond motifs is 1. The van der Waals surface area contributed by atoms with Crippen LogP contribution < -0.4 is 4.72 Å². The molecule has 0 aliphatic heterocycles. The Labute approximate surface area is 136 Å². The number of aryl methyl sites for hydroxylation is 2. The molecule has 0 amide bonds. The Kier molecular flexibility index (Phi) is 4.24. The van der Waals surface area contributed by atoms with E-state index >= 15 is 0 Å². The Balaban J connectivity index is 1.72. The number of benzene rings is 2. The Morgan fingerprint density at radius 2 is 1.83 bits per heavy atom. The van der Waals surface area contributed by atoms with Crippen molar-refractivity contribution in [2.24, 2.45) is 0 Å². The zero-order valence-corrected chi connectivity index (χ0v) is 14.1. The van der Waals surface area contributed by atoms with E-state index in [-0.39, 0.29) is 0 Å². The minimum Gasteiger partial charge on any atom is -0.346 e. The van der Waals surface area contributed by atoms with Crippen LogP contribution in [0.3, 0.4) is 0 Å². The van der Waals surface area contributed by atoms with Crippen LogP contribution in [0, 0.1) is 13.8 Å². The lowest BCUT2D eigenvalue weighted by atomic mass is 10.2. The number of aromatic nitrogens is 1. The number of hydrogen-bond acceptors (Lipinski definition) is 2. The minimum atomic E-state index is -3.48. The van der Waals surface area contributed by atoms with E-state index in [1.807, 2.05) is 62.5 Å². The summed E-state index contributed by atoms with van der Waals surface area (Å²) in [4.78, 5) is 0.348. The molecule has 5 heteroatoms. The first-order valence-electron chi connectivity index (χ1n) is 7.58. The zero-order valence-electron chi connectivity index (χ0n) is 13.3. The first kappa shape index (κ1) is 15.8. The minimum absolute atomic E-state index is 0.348. The van der Waals surface area contributed by atoms with Crippen LogP contribution in [0.4, 0.5) is 0 Å². The molecule has 0 fully saturated rings. The van der Waals surface area contributed by atoms with Crippen LogP contribution in [-0.4, -0.2) is 19.5 Å². The topological polar surface area (TPSA) is 51.1 Å². The van der Waals surface area contributed by atoms with Crippen molar-refractivity contribution < 1.29 is 8.42 Å². The smallest absolute Gasteiger partial charge is 0.240 e. The van der Waals surface area contributed by atoms with E-state index in [0.29, 0.717) is 18.0 Å². The van der Waals surface area contributed by atoms with E-state index in [2.05, 4.69) is 9.29 Å². The summed E-state index contributed by atoms with van der Waals surface area (Å²) in [7, 11) is -3.48. The lowest BCUT2D eigenvalue weighted by Gasteiger charge is -2.11. The quantitative estimate of drug-likeness (QED) is 0.782. The molecular formula is C18H20N2O2S. The molecule has 3 aromatic rings. The van der Waals surface area contributed by atoms with Gasteiger partial charge in [0.2, 0.25) is 10.0 Å². The van der Waals surface area contributed by atoms with Gasteiger partial charge in [-0.1, -0.05) is 35.9 Å². The Hall–Kier alpha value is -2.11. The molecule has 0 spiro atoms. The highest BCUT2D eigenvalue weighted by Gasteiger charge is 2.16. The van der Waals surface area contributed by atoms with Crippen molar-refractivity contribution >= 4 is 20.9 Å². The Morgan fingerprint density at radius 3 is 2.61 bits per heavy atom. The average molecular weight is 328 g/mol. The second-order valence-electron chi connectivity index (χ2n) is 5.73. The van der Waals surface area contributed by atoms with Crippen molar-refractivity contribution in [1.29, 1.82) is 0 Å². The molecule has 120 valence electrons. The number of sulfonamides is 1. The molecule has 1 aromatic heterocycles. The van der Waals surface area contributed by atoms with Gasteiger partial charge in [-0.25, -0.2) is 13.1 Å². The highest BCUT2D eigenvalue weighted by atomic mass is 32.2. The molecule has 2 aromatic carbocycles. The fraction of sp³-hybridized carbons (Fsp3) is 0.222. The van der Waals surface area contributed by atoms with Gasteiger partial charge in [-0.3, -0.25) is 0 Å². The summed E-state index contributed by atoms with van der Waals surface area (Å²) in [6, 6.07) is 15.5. The SMILES string of the molecule is Cc1ccc(S(=O)(=O)NCCn2ccc3ccccc32)c(C)c1. The van der Waals surface area contributed by atoms with Gasteiger partial charge in [0, 0.05) is 24.8 Å². The van der Waals surface area contributed by atoms with Gasteiger partial charge in [0.15, 0.2) is 0 Å². The third kappa shape index (κ3) is 3.30. The van der Waals surface area contributed by atoms with Crippen LogP contribution in [0.1, 0.15) is 11.1 Å². The highest BCUT2D eigenvalue weighted by molar-refractivity contribution is 7.89. The lowest BCUT2D eigenvalue weighted by Crippen LogP contribution is -2.27. The van der Waals surface area contributed by atoms with Crippen molar-refractivity contribution in [2.45, 2.75) is 25.3 Å². The van der Waals surface area contributed by atoms with Crippen molar-refractivity contribution in [3.8, 4) is 0 Å². The summed E-state index contributed by atoms with van der Waals surface area (Å²) in [5, 5.41) is 1.16. The van der Waals surface area contributed by atoms with Gasteiger partial charge in [-0.05, 0) is 43.0 Å². The van der Waals surface area contributed by atoms with Crippen molar-refractivity contribution in [3.63, 3.8) is 0 Å². The molecule has 0 aliphatic rings. The summed E-state index contributed by atoms with van der Waals surface area (Å²) in [5.41, 5.74) is 2.93. The van der Waals surface area contributed by atoms with Crippen molar-refractivity contribution in [1.82, 2.24) is 9.29 Å². The molecule has 1 heterocycles. The number of rotatable bonds is 5. The highest BCUT2D eigenvalue weighted by Crippen LogP contribution is 2.17. The van der Waals surface area contributed by atoms with Gasteiger partial charge in [0.25, 0.3) is 0 Å². The van der Waals surface area contributed by atoms with Gasteiger partial charge in [-0.15, -0.1) is 0 Å². The third-order valence-electron chi connectivity index (χ3n) is 3.94. The zero-order chi connectivity index (χ0) is 16.4. The van der Waals surface area contributed by atoms with Crippen LogP contribution in [0.15, 0.2) is 59.6 Å². The monoisotopic (exact) mass is 328 g/mol. The van der Waals surface area contributed by atoms with E-state index in [4.69, 9.17) is 0 Å². The van der Waals surface area contributed by atoms with E-state index < -0.39 is 10.0 Å². The molecule has 23 heavy (non-hydrogen) atoms. The number of nitrogens with zero attached hydrogens (tertiary/aromatic N) is 1. The second kappa shape index (κ2) is 6.18. The number of nitrogens with one attached hydrogen (secondary N) is 1. The van der Waals surface area contributed by atoms with Crippen molar-refractivity contribution in [2.75, 3.05) is 6.54 Å². The first-order valence-corrected chi connectivity index (χ1v) is 9.06. The summed E-state index contributed by atoms with van der Waals surface area (Å²) >= 11 is 0. The normalized spacial score (nSPS) is 11.9. The molecule has 0 saturated heterocycles. The third-order valence-corrected chi connectivity index (χ3v) is 5.57. The van der Waals surface area contributed by atoms with Crippen LogP contribution in [0.25, 0.3) is 10.9 Å². The molecule has 0 aliphatic carbocycles. The fourth-order valence-corrected chi connectivity index (χ4v) is 4.06. The summed E-state index contributed by atoms with van der Waals surface area (Å²) in [5.74, 6) is 0. The maximum atomic E-state index is 12.4. The maximum absolute atomic E-state index is 12.4. The Bertz CT molecular complexity index is 943. The second-order valence-corrected chi connectivity index (χ2v) is 7.47. The van der Waals surface area contributed by atoms with E-state index in [0.717, 1.165) is 22.0 Å². The molecule has 0 bridgehead atoms. The van der Waals surface area contributed by atoms with Gasteiger partial charge in [-0.2, -0.15) is 0 Å². The fourth-order valence-electron chi connectivity index (χ4n) is 2.81. The molecule has 0 saturated carbocycles. The summed E-state index contributed by atoms with van der Waals surface area (Å²) < 4.78 is 29.6. The van der Waals surface area contributed by atoms with Gasteiger partial charge in [0.05, 0.1) is 4.90 Å². The van der Waals surface area contributed by atoms with E-state index in [1.165, 1.54) is 0 Å². The maximum Gasteiger partial charge on any atom is 0.240 e. The lowest BCUT2D eigenvalue weighted by molar-refractivity contribution is 0.574. The number of para-hydroxylation sites is 1. The molecule has 0 unspecified atom stereocenters. The number of hydrogen-bond donors (Lipinski definition) is 1. The standard InChI is InChI=1S/C18H20N2O2S/c1-14-7-8-18(15(2)13-14)23(21,22)19-10-12-20-11-9-16-5-3-4-6-17(16)20/h3-9,11,13,19H,10,12H2,1-2H3. The van der Waals surface area contributed by atoms with Crippen molar-refractivity contribution in [3.05, 3.63) is 65.9 Å². The van der Waals surface area contributed by atoms with Crippen LogP contribution >= 0.6 is 0 Å². The first-order chi connectivity index (χ1) is 11.0. The van der Waals surface area contributed by atoms with Gasteiger partial charge >= 0.3 is 0 Å². The molecule has 1 N–H and O–H groups in total. The van der Waals surface area contributed by atoms with Gasteiger partial charge in [0.1, 0.15) is 0 Å². The molecule has 3 rings (SSSR count). The largest absolute Gasteiger partial charge is 0.346 e. The van der Waals surface area contributed by atoms with Gasteiger partial charge < -0.3 is 4.57 Å². The van der Waals surface area contributed by atoms with Crippen LogP contribution in [0.5, 0.6) is 0 Å². The molecule has 4 nitrogen and oxygen atoms in total. The van der Waals surface area contributed by atoms with E-state index in [1.54, 1.807) is 6.07 Å². The molecular weight excluding hydrogens is 308 g/mol. The summed E-state index contributed by atoms with van der Waals surface area (Å²) in [6.45, 7) is 4.72. The average Bonchev–Trinajstić information content (AvgIpc) is 2.90. The van der Waals surface area contributed by atoms with Crippen LogP contribution in [-0.2, 0) is 16.6 Å². The predicted molar refractivity (Wildman–Crippen MR) is 93.0 cm³/mol. The molecule has 0 radical (unpaired) electrons. The van der Waals surface area contributed by atoms with Crippen LogP contribution in [0.2, 0.25) is 0 Å². The Morgan fingerprint density at radius 1 is 1.04 bits per heavy atom.